The van der Waals surface area contributed by atoms with Crippen LogP contribution in [0.15, 0.2) is 42.5 Å². The van der Waals surface area contributed by atoms with Gasteiger partial charge in [-0.15, -0.1) is 0 Å². The second-order valence-corrected chi connectivity index (χ2v) is 8.66. The Morgan fingerprint density at radius 3 is 2.34 bits per heavy atom. The minimum Gasteiger partial charge on any atom is -0.490 e. The van der Waals surface area contributed by atoms with Crippen LogP contribution in [0.1, 0.15) is 70.1 Å². The predicted octanol–water partition coefficient (Wildman–Crippen LogP) is 5.45. The molecule has 0 bridgehead atoms. The van der Waals surface area contributed by atoms with Crippen LogP contribution >= 0.6 is 0 Å². The summed E-state index contributed by atoms with van der Waals surface area (Å²) in [7, 11) is 0. The van der Waals surface area contributed by atoms with Crippen molar-refractivity contribution < 1.29 is 19.1 Å². The number of amides is 2. The third-order valence-electron chi connectivity index (χ3n) is 6.05. The Kier molecular flexibility index (Phi) is 12.2. The van der Waals surface area contributed by atoms with Gasteiger partial charge in [0.1, 0.15) is 6.04 Å². The Hall–Kier alpha value is -3.02. The van der Waals surface area contributed by atoms with Crippen LogP contribution in [0.25, 0.3) is 0 Å². The molecule has 0 aliphatic carbocycles. The maximum atomic E-state index is 13.5. The number of unbranched alkanes of at least 4 members (excludes halogenated alkanes) is 1. The molecular weight excluding hydrogens is 440 g/mol. The van der Waals surface area contributed by atoms with E-state index >= 15 is 0 Å². The second kappa shape index (κ2) is 15.1. The molecule has 1 atom stereocenters. The smallest absolute Gasteiger partial charge is 0.242 e. The SMILES string of the molecule is CCCCNC(=O)[C@H](CC)N(Cc1ccccc1C)C(=O)CCc1ccc(OCC)c(OCC)c1. The highest BCUT2D eigenvalue weighted by molar-refractivity contribution is 5.87. The Morgan fingerprint density at radius 1 is 0.971 bits per heavy atom. The summed E-state index contributed by atoms with van der Waals surface area (Å²) in [6, 6.07) is 13.3. The van der Waals surface area contributed by atoms with Crippen LogP contribution in [-0.2, 0) is 22.6 Å². The Bertz CT molecular complexity index is 944. The second-order valence-electron chi connectivity index (χ2n) is 8.66. The van der Waals surface area contributed by atoms with Crippen LogP contribution in [-0.4, -0.2) is 42.5 Å². The fourth-order valence-electron chi connectivity index (χ4n) is 4.04. The van der Waals surface area contributed by atoms with Gasteiger partial charge in [-0.1, -0.05) is 50.6 Å². The standard InChI is InChI=1S/C29H42N2O4/c1-6-10-19-30-29(33)25(7-2)31(21-24-14-12-11-13-22(24)5)28(32)18-16-23-15-17-26(34-8-3)27(20-23)35-9-4/h11-15,17,20,25H,6-10,16,18-19,21H2,1-5H3,(H,30,33)/t25-/m0/s1. The van der Waals surface area contributed by atoms with Crippen molar-refractivity contribution in [1.82, 2.24) is 10.2 Å². The van der Waals surface area contributed by atoms with Gasteiger partial charge in [0.15, 0.2) is 11.5 Å². The average Bonchev–Trinajstić information content (AvgIpc) is 2.85. The fourth-order valence-corrected chi connectivity index (χ4v) is 4.04. The molecule has 35 heavy (non-hydrogen) atoms. The van der Waals surface area contributed by atoms with E-state index in [-0.39, 0.29) is 11.8 Å². The molecular formula is C29H42N2O4. The van der Waals surface area contributed by atoms with E-state index < -0.39 is 6.04 Å². The van der Waals surface area contributed by atoms with Crippen LogP contribution in [0.2, 0.25) is 0 Å². The van der Waals surface area contributed by atoms with Crippen molar-refractivity contribution in [1.29, 1.82) is 0 Å². The maximum absolute atomic E-state index is 13.5. The number of hydrogen-bond donors (Lipinski definition) is 1. The summed E-state index contributed by atoms with van der Waals surface area (Å²) in [5.41, 5.74) is 3.17. The van der Waals surface area contributed by atoms with Gasteiger partial charge in [-0.2, -0.15) is 0 Å². The first kappa shape index (κ1) is 28.2. The number of hydrogen-bond acceptors (Lipinski definition) is 4. The topological polar surface area (TPSA) is 67.9 Å². The molecule has 0 aromatic heterocycles. The molecule has 192 valence electrons. The number of rotatable bonds is 15. The summed E-state index contributed by atoms with van der Waals surface area (Å²) >= 11 is 0. The largest absolute Gasteiger partial charge is 0.490 e. The van der Waals surface area contributed by atoms with Crippen molar-refractivity contribution in [2.75, 3.05) is 19.8 Å². The van der Waals surface area contributed by atoms with Crippen molar-refractivity contribution in [2.45, 2.75) is 79.3 Å². The number of benzene rings is 2. The number of carbonyl (C=O) groups excluding carboxylic acids is 2. The highest BCUT2D eigenvalue weighted by Gasteiger charge is 2.28. The summed E-state index contributed by atoms with van der Waals surface area (Å²) in [5, 5.41) is 3.02. The number of nitrogens with one attached hydrogen (secondary N) is 1. The van der Waals surface area contributed by atoms with Gasteiger partial charge in [-0.05, 0) is 68.9 Å². The van der Waals surface area contributed by atoms with E-state index in [2.05, 4.69) is 12.2 Å². The van der Waals surface area contributed by atoms with Gasteiger partial charge in [-0.25, -0.2) is 0 Å². The molecule has 0 saturated carbocycles. The van der Waals surface area contributed by atoms with Gasteiger partial charge >= 0.3 is 0 Å². The predicted molar refractivity (Wildman–Crippen MR) is 141 cm³/mol. The zero-order chi connectivity index (χ0) is 25.6. The molecule has 2 rings (SSSR count). The summed E-state index contributed by atoms with van der Waals surface area (Å²) in [6.07, 6.45) is 3.36. The van der Waals surface area contributed by atoms with Gasteiger partial charge in [-0.3, -0.25) is 9.59 Å². The normalized spacial score (nSPS) is 11.6. The van der Waals surface area contributed by atoms with Crippen LogP contribution in [0.5, 0.6) is 11.5 Å². The first-order chi connectivity index (χ1) is 16.9. The third kappa shape index (κ3) is 8.61. The van der Waals surface area contributed by atoms with Crippen LogP contribution in [0.3, 0.4) is 0 Å². The van der Waals surface area contributed by atoms with Gasteiger partial charge in [0.2, 0.25) is 11.8 Å². The molecule has 2 aromatic rings. The number of carbonyl (C=O) groups is 2. The molecule has 1 N–H and O–H groups in total. The van der Waals surface area contributed by atoms with Crippen LogP contribution < -0.4 is 14.8 Å². The molecule has 6 heteroatoms. The zero-order valence-corrected chi connectivity index (χ0v) is 22.1. The number of nitrogens with zero attached hydrogens (tertiary/aromatic N) is 1. The van der Waals surface area contributed by atoms with Crippen molar-refractivity contribution in [3.8, 4) is 11.5 Å². The van der Waals surface area contributed by atoms with E-state index in [0.717, 1.165) is 29.5 Å². The molecule has 0 spiro atoms. The lowest BCUT2D eigenvalue weighted by Gasteiger charge is -2.31. The maximum Gasteiger partial charge on any atom is 0.242 e. The van der Waals surface area contributed by atoms with E-state index in [0.29, 0.717) is 57.1 Å². The van der Waals surface area contributed by atoms with E-state index in [9.17, 15) is 9.59 Å². The van der Waals surface area contributed by atoms with Gasteiger partial charge in [0.05, 0.1) is 13.2 Å². The average molecular weight is 483 g/mol. The highest BCUT2D eigenvalue weighted by Crippen LogP contribution is 2.29. The van der Waals surface area contributed by atoms with Crippen molar-refractivity contribution in [2.24, 2.45) is 0 Å². The van der Waals surface area contributed by atoms with Crippen molar-refractivity contribution in [3.63, 3.8) is 0 Å². The van der Waals surface area contributed by atoms with E-state index in [1.807, 2.05) is 70.2 Å². The molecule has 0 fully saturated rings. The summed E-state index contributed by atoms with van der Waals surface area (Å²) in [6.45, 7) is 12.1. The van der Waals surface area contributed by atoms with Crippen molar-refractivity contribution in [3.05, 3.63) is 59.2 Å². The van der Waals surface area contributed by atoms with Gasteiger partial charge < -0.3 is 19.7 Å². The number of aryl methyl sites for hydroxylation is 2. The van der Waals surface area contributed by atoms with Crippen LogP contribution in [0.4, 0.5) is 0 Å². The zero-order valence-electron chi connectivity index (χ0n) is 22.1. The first-order valence-electron chi connectivity index (χ1n) is 12.9. The molecule has 0 heterocycles. The minimum atomic E-state index is -0.502. The highest BCUT2D eigenvalue weighted by atomic mass is 16.5. The molecule has 0 aliphatic rings. The molecule has 2 aromatic carbocycles. The summed E-state index contributed by atoms with van der Waals surface area (Å²) in [5.74, 6) is 1.29. The fraction of sp³-hybridized carbons (Fsp3) is 0.517. The van der Waals surface area contributed by atoms with E-state index in [1.54, 1.807) is 4.90 Å². The lowest BCUT2D eigenvalue weighted by molar-refractivity contribution is -0.141. The lowest BCUT2D eigenvalue weighted by atomic mass is 10.0. The molecule has 0 unspecified atom stereocenters. The van der Waals surface area contributed by atoms with Gasteiger partial charge in [0.25, 0.3) is 0 Å². The lowest BCUT2D eigenvalue weighted by Crippen LogP contribution is -2.49. The summed E-state index contributed by atoms with van der Waals surface area (Å²) < 4.78 is 11.4. The van der Waals surface area contributed by atoms with Crippen molar-refractivity contribution >= 4 is 11.8 Å². The molecule has 2 amide bonds. The number of ether oxygens (including phenoxy) is 2. The Labute approximate surface area is 211 Å². The Morgan fingerprint density at radius 2 is 1.69 bits per heavy atom. The Balaban J connectivity index is 2.21. The van der Waals surface area contributed by atoms with Crippen LogP contribution in [0, 0.1) is 6.92 Å². The summed E-state index contributed by atoms with van der Waals surface area (Å²) in [4.78, 5) is 28.3. The first-order valence-corrected chi connectivity index (χ1v) is 12.9. The van der Waals surface area contributed by atoms with E-state index in [1.165, 1.54) is 0 Å². The monoisotopic (exact) mass is 482 g/mol. The molecule has 0 aliphatic heterocycles. The van der Waals surface area contributed by atoms with Gasteiger partial charge in [0, 0.05) is 19.5 Å². The minimum absolute atomic E-state index is 0.0300. The third-order valence-corrected chi connectivity index (χ3v) is 6.05. The molecule has 0 saturated heterocycles. The molecule has 6 nitrogen and oxygen atoms in total. The quantitative estimate of drug-likeness (QED) is 0.343. The molecule has 0 radical (unpaired) electrons. The van der Waals surface area contributed by atoms with E-state index in [4.69, 9.17) is 9.47 Å².